The molecule has 0 fully saturated rings. The summed E-state index contributed by atoms with van der Waals surface area (Å²) < 4.78 is 28.7. The van der Waals surface area contributed by atoms with Gasteiger partial charge in [-0.3, -0.25) is 0 Å². The van der Waals surface area contributed by atoms with Crippen LogP contribution in [0.25, 0.3) is 0 Å². The predicted octanol–water partition coefficient (Wildman–Crippen LogP) is 4.32. The lowest BCUT2D eigenvalue weighted by molar-refractivity contribution is 0.400. The summed E-state index contributed by atoms with van der Waals surface area (Å²) in [6, 6.07) is 16.4. The molecule has 0 aliphatic rings. The fourth-order valence-electron chi connectivity index (χ4n) is 2.74. The van der Waals surface area contributed by atoms with Crippen molar-refractivity contribution in [3.05, 3.63) is 91.0 Å². The second-order valence-corrected chi connectivity index (χ2v) is 7.53. The van der Waals surface area contributed by atoms with Crippen molar-refractivity contribution in [2.75, 3.05) is 0 Å². The van der Waals surface area contributed by atoms with Crippen molar-refractivity contribution in [3.63, 3.8) is 0 Å². The van der Waals surface area contributed by atoms with Crippen LogP contribution in [0.5, 0.6) is 0 Å². The molecule has 2 aromatic rings. The molecule has 0 saturated heterocycles. The highest BCUT2D eigenvalue weighted by molar-refractivity contribution is 7.89. The third kappa shape index (κ3) is 4.02. The topological polar surface area (TPSA) is 46.2 Å². The summed E-state index contributed by atoms with van der Waals surface area (Å²) in [4.78, 5) is 0.251. The van der Waals surface area contributed by atoms with E-state index in [0.29, 0.717) is 12.8 Å². The van der Waals surface area contributed by atoms with Crippen molar-refractivity contribution < 1.29 is 8.42 Å². The van der Waals surface area contributed by atoms with Crippen molar-refractivity contribution in [3.8, 4) is 0 Å². The van der Waals surface area contributed by atoms with Crippen LogP contribution in [0.2, 0.25) is 0 Å². The summed E-state index contributed by atoms with van der Waals surface area (Å²) >= 11 is 0. The fraction of sp³-hybridized carbons (Fsp3) is 0.200. The summed E-state index contributed by atoms with van der Waals surface area (Å²) in [5.74, 6) is 0. The molecule has 126 valence electrons. The number of sulfonamides is 1. The van der Waals surface area contributed by atoms with Crippen LogP contribution in [0.3, 0.4) is 0 Å². The highest BCUT2D eigenvalue weighted by atomic mass is 32.2. The van der Waals surface area contributed by atoms with E-state index in [-0.39, 0.29) is 4.90 Å². The van der Waals surface area contributed by atoms with Gasteiger partial charge in [0.15, 0.2) is 0 Å². The van der Waals surface area contributed by atoms with Gasteiger partial charge >= 0.3 is 0 Å². The van der Waals surface area contributed by atoms with E-state index in [9.17, 15) is 8.42 Å². The van der Waals surface area contributed by atoms with Gasteiger partial charge in [0.1, 0.15) is 0 Å². The van der Waals surface area contributed by atoms with E-state index in [1.54, 1.807) is 36.4 Å². The molecule has 3 nitrogen and oxygen atoms in total. The number of aryl methyl sites for hydroxylation is 1. The van der Waals surface area contributed by atoms with Gasteiger partial charge in [0.25, 0.3) is 0 Å². The van der Waals surface area contributed by atoms with Gasteiger partial charge in [-0.25, -0.2) is 8.42 Å². The van der Waals surface area contributed by atoms with E-state index >= 15 is 0 Å². The maximum atomic E-state index is 12.9. The van der Waals surface area contributed by atoms with Gasteiger partial charge in [-0.05, 0) is 37.5 Å². The molecule has 0 aromatic heterocycles. The summed E-state index contributed by atoms with van der Waals surface area (Å²) in [6.45, 7) is 9.52. The van der Waals surface area contributed by atoms with Crippen LogP contribution >= 0.6 is 0 Å². The quantitative estimate of drug-likeness (QED) is 0.727. The summed E-state index contributed by atoms with van der Waals surface area (Å²) in [6.07, 6.45) is 4.39. The molecule has 0 amide bonds. The smallest absolute Gasteiger partial charge is 0.207 e. The first-order chi connectivity index (χ1) is 11.4. The summed E-state index contributed by atoms with van der Waals surface area (Å²) in [5.41, 5.74) is 1.11. The lowest BCUT2D eigenvalue weighted by Crippen LogP contribution is -2.45. The Morgan fingerprint density at radius 3 is 2.00 bits per heavy atom. The number of rotatable bonds is 8. The lowest BCUT2D eigenvalue weighted by atomic mass is 9.84. The molecule has 0 unspecified atom stereocenters. The summed E-state index contributed by atoms with van der Waals surface area (Å²) in [5, 5.41) is 0. The van der Waals surface area contributed by atoms with E-state index < -0.39 is 15.6 Å². The van der Waals surface area contributed by atoms with Crippen LogP contribution in [-0.2, 0) is 15.6 Å². The van der Waals surface area contributed by atoms with Gasteiger partial charge in [0, 0.05) is 0 Å². The molecule has 0 bridgehead atoms. The number of hydrogen-bond donors (Lipinski definition) is 1. The van der Waals surface area contributed by atoms with Crippen molar-refractivity contribution in [1.82, 2.24) is 4.72 Å². The molecule has 0 saturated carbocycles. The average molecular weight is 341 g/mol. The molecule has 1 N–H and O–H groups in total. The van der Waals surface area contributed by atoms with Crippen molar-refractivity contribution in [2.24, 2.45) is 0 Å². The number of benzene rings is 2. The Balaban J connectivity index is 2.49. The molecular formula is C20H23NO2S. The van der Waals surface area contributed by atoms with Crippen molar-refractivity contribution in [1.29, 1.82) is 0 Å². The molecule has 24 heavy (non-hydrogen) atoms. The minimum Gasteiger partial charge on any atom is -0.207 e. The van der Waals surface area contributed by atoms with Crippen LogP contribution in [0.1, 0.15) is 24.0 Å². The van der Waals surface area contributed by atoms with Gasteiger partial charge in [-0.2, -0.15) is 4.72 Å². The zero-order valence-electron chi connectivity index (χ0n) is 13.9. The Bertz CT molecular complexity index is 783. The van der Waals surface area contributed by atoms with Gasteiger partial charge in [-0.15, -0.1) is 13.2 Å². The highest BCUT2D eigenvalue weighted by Crippen LogP contribution is 2.32. The zero-order chi connectivity index (χ0) is 17.6. The van der Waals surface area contributed by atoms with E-state index in [2.05, 4.69) is 17.9 Å². The maximum Gasteiger partial charge on any atom is 0.241 e. The lowest BCUT2D eigenvalue weighted by Gasteiger charge is -2.33. The van der Waals surface area contributed by atoms with Gasteiger partial charge in [0.2, 0.25) is 10.0 Å². The van der Waals surface area contributed by atoms with Gasteiger partial charge in [-0.1, -0.05) is 60.2 Å². The molecule has 2 aromatic carbocycles. The fourth-order valence-corrected chi connectivity index (χ4v) is 4.16. The molecule has 0 aliphatic carbocycles. The Kier molecular flexibility index (Phi) is 5.75. The van der Waals surface area contributed by atoms with E-state index in [1.165, 1.54) is 0 Å². The Hall–Kier alpha value is -2.17. The Morgan fingerprint density at radius 1 is 0.958 bits per heavy atom. The van der Waals surface area contributed by atoms with Crippen molar-refractivity contribution in [2.45, 2.75) is 30.2 Å². The Morgan fingerprint density at radius 2 is 1.50 bits per heavy atom. The molecule has 0 atom stereocenters. The molecular weight excluding hydrogens is 318 g/mol. The SMILES string of the molecule is C=CCC(CC=C)(NS(=O)(=O)c1ccc(C)cc1)c1ccccc1. The molecule has 0 radical (unpaired) electrons. The molecule has 2 rings (SSSR count). The third-order valence-corrected chi connectivity index (χ3v) is 5.53. The van der Waals surface area contributed by atoms with Crippen LogP contribution < -0.4 is 4.72 Å². The monoisotopic (exact) mass is 341 g/mol. The van der Waals surface area contributed by atoms with E-state index in [4.69, 9.17) is 0 Å². The van der Waals surface area contributed by atoms with E-state index in [0.717, 1.165) is 11.1 Å². The third-order valence-electron chi connectivity index (χ3n) is 3.97. The maximum absolute atomic E-state index is 12.9. The zero-order valence-corrected chi connectivity index (χ0v) is 14.7. The minimum atomic E-state index is -3.67. The van der Waals surface area contributed by atoms with Gasteiger partial charge < -0.3 is 0 Å². The normalized spacial score (nSPS) is 11.9. The summed E-state index contributed by atoms with van der Waals surface area (Å²) in [7, 11) is -3.67. The molecule has 4 heteroatoms. The molecule has 0 heterocycles. The first-order valence-corrected chi connectivity index (χ1v) is 9.30. The predicted molar refractivity (Wildman–Crippen MR) is 99.2 cm³/mol. The van der Waals surface area contributed by atoms with Crippen molar-refractivity contribution >= 4 is 10.0 Å². The average Bonchev–Trinajstić information content (AvgIpc) is 2.56. The molecule has 0 aliphatic heterocycles. The highest BCUT2D eigenvalue weighted by Gasteiger charge is 2.34. The van der Waals surface area contributed by atoms with Crippen LogP contribution in [-0.4, -0.2) is 8.42 Å². The number of nitrogens with one attached hydrogen (secondary N) is 1. The number of hydrogen-bond acceptors (Lipinski definition) is 2. The second-order valence-electron chi connectivity index (χ2n) is 5.85. The minimum absolute atomic E-state index is 0.251. The van der Waals surface area contributed by atoms with Crippen LogP contribution in [0, 0.1) is 6.92 Å². The standard InChI is InChI=1S/C20H23NO2S/c1-4-15-20(16-5-2,18-9-7-6-8-10-18)21-24(22,23)19-13-11-17(3)12-14-19/h4-14,21H,1-2,15-16H2,3H3. The second kappa shape index (κ2) is 7.60. The first kappa shape index (κ1) is 18.2. The molecule has 0 spiro atoms. The first-order valence-electron chi connectivity index (χ1n) is 7.81. The largest absolute Gasteiger partial charge is 0.241 e. The van der Waals surface area contributed by atoms with Gasteiger partial charge in [0.05, 0.1) is 10.4 Å². The Labute approximate surface area is 144 Å². The van der Waals surface area contributed by atoms with Crippen LogP contribution in [0.4, 0.5) is 0 Å². The van der Waals surface area contributed by atoms with E-state index in [1.807, 2.05) is 37.3 Å². The van der Waals surface area contributed by atoms with Crippen LogP contribution in [0.15, 0.2) is 84.8 Å².